The summed E-state index contributed by atoms with van der Waals surface area (Å²) >= 11 is 0. The van der Waals surface area contributed by atoms with E-state index in [1.54, 1.807) is 0 Å². The summed E-state index contributed by atoms with van der Waals surface area (Å²) in [5, 5.41) is 0. The Balaban J connectivity index is 3.43. The number of hydrogen-bond acceptors (Lipinski definition) is 2. The van der Waals surface area contributed by atoms with Gasteiger partial charge in [0.05, 0.1) is 6.10 Å². The van der Waals surface area contributed by atoms with Crippen molar-refractivity contribution in [2.45, 2.75) is 25.4 Å². The van der Waals surface area contributed by atoms with E-state index >= 15 is 0 Å². The van der Waals surface area contributed by atoms with Crippen LogP contribution in [0.2, 0.25) is 0 Å². The predicted octanol–water partition coefficient (Wildman–Crippen LogP) is 1.21. The highest BCUT2D eigenvalue weighted by Gasteiger charge is 2.03. The van der Waals surface area contributed by atoms with Crippen LogP contribution in [0, 0.1) is 0 Å². The third-order valence-electron chi connectivity index (χ3n) is 1.71. The molecule has 0 heterocycles. The summed E-state index contributed by atoms with van der Waals surface area (Å²) in [6, 6.07) is 0. The van der Waals surface area contributed by atoms with Crippen LogP contribution in [0.4, 0.5) is 0 Å². The zero-order chi connectivity index (χ0) is 9.94. The Morgan fingerprint density at radius 1 is 1.15 bits per heavy atom. The molecule has 0 spiro atoms. The fraction of sp³-hybridized carbons (Fsp3) is 0.600. The Bertz CT molecular complexity index is 127. The number of hydrogen-bond donors (Lipinski definition) is 0. The van der Waals surface area contributed by atoms with Crippen molar-refractivity contribution in [1.82, 2.24) is 0 Å². The molecule has 0 saturated heterocycles. The van der Waals surface area contributed by atoms with Crippen molar-refractivity contribution < 1.29 is 9.16 Å². The molecule has 0 rings (SSSR count). The van der Waals surface area contributed by atoms with Gasteiger partial charge in [-0.25, -0.2) is 0 Å². The van der Waals surface area contributed by atoms with Gasteiger partial charge in [0.25, 0.3) is 0 Å². The lowest BCUT2D eigenvalue weighted by molar-refractivity contribution is 0.0502. The van der Waals surface area contributed by atoms with Gasteiger partial charge in [-0.05, 0) is 19.3 Å². The molecule has 0 fully saturated rings. The fourth-order valence-electron chi connectivity index (χ4n) is 1.06. The van der Waals surface area contributed by atoms with Gasteiger partial charge in [0.1, 0.15) is 10.5 Å². The van der Waals surface area contributed by atoms with Crippen LogP contribution in [0.15, 0.2) is 25.3 Å². The molecule has 76 valence electrons. The standard InChI is InChI=1S/C10H20O2Si/c1-3-6-10(7-4-2)11-8-5-9-12-13/h3-4,10H,1-2,5-9H2,13H3. The van der Waals surface area contributed by atoms with Crippen molar-refractivity contribution in [2.75, 3.05) is 13.2 Å². The minimum absolute atomic E-state index is 0.254. The smallest absolute Gasteiger partial charge is 0.145 e. The Morgan fingerprint density at radius 2 is 1.77 bits per heavy atom. The van der Waals surface area contributed by atoms with Crippen LogP contribution in [0.5, 0.6) is 0 Å². The van der Waals surface area contributed by atoms with Gasteiger partial charge in [0, 0.05) is 13.2 Å². The van der Waals surface area contributed by atoms with E-state index in [9.17, 15) is 0 Å². The van der Waals surface area contributed by atoms with Gasteiger partial charge >= 0.3 is 0 Å². The largest absolute Gasteiger partial charge is 0.428 e. The molecular weight excluding hydrogens is 180 g/mol. The van der Waals surface area contributed by atoms with Crippen LogP contribution < -0.4 is 0 Å². The molecule has 3 heteroatoms. The van der Waals surface area contributed by atoms with Crippen molar-refractivity contribution in [1.29, 1.82) is 0 Å². The van der Waals surface area contributed by atoms with Gasteiger partial charge in [-0.15, -0.1) is 13.2 Å². The van der Waals surface area contributed by atoms with Crippen molar-refractivity contribution in [3.05, 3.63) is 25.3 Å². The molecule has 0 aliphatic rings. The van der Waals surface area contributed by atoms with Crippen LogP contribution in [0.1, 0.15) is 19.3 Å². The molecule has 0 radical (unpaired) electrons. The van der Waals surface area contributed by atoms with Gasteiger partial charge in [-0.1, -0.05) is 12.2 Å². The molecule has 0 saturated carbocycles. The second-order valence-electron chi connectivity index (χ2n) is 2.89. The van der Waals surface area contributed by atoms with E-state index in [4.69, 9.17) is 9.16 Å². The molecule has 0 aliphatic heterocycles. The van der Waals surface area contributed by atoms with Crippen molar-refractivity contribution in [3.63, 3.8) is 0 Å². The van der Waals surface area contributed by atoms with E-state index in [0.717, 1.165) is 43.0 Å². The molecule has 0 unspecified atom stereocenters. The maximum absolute atomic E-state index is 5.62. The van der Waals surface area contributed by atoms with E-state index in [0.29, 0.717) is 0 Å². The highest BCUT2D eigenvalue weighted by Crippen LogP contribution is 2.05. The lowest BCUT2D eigenvalue weighted by Gasteiger charge is -2.13. The predicted molar refractivity (Wildman–Crippen MR) is 59.9 cm³/mol. The zero-order valence-corrected chi connectivity index (χ0v) is 10.5. The summed E-state index contributed by atoms with van der Waals surface area (Å²) in [5.41, 5.74) is 0. The SMILES string of the molecule is C=CCC(CC=C)OCCCO[SiH3]. The first-order valence-electron chi connectivity index (χ1n) is 4.67. The van der Waals surface area contributed by atoms with Gasteiger partial charge in [-0.2, -0.15) is 0 Å². The maximum Gasteiger partial charge on any atom is 0.145 e. The van der Waals surface area contributed by atoms with E-state index in [1.807, 2.05) is 12.2 Å². The second-order valence-corrected chi connectivity index (χ2v) is 3.47. The number of rotatable bonds is 9. The minimum atomic E-state index is 0.254. The van der Waals surface area contributed by atoms with Gasteiger partial charge in [0.15, 0.2) is 0 Å². The summed E-state index contributed by atoms with van der Waals surface area (Å²) < 4.78 is 10.7. The van der Waals surface area contributed by atoms with E-state index in [2.05, 4.69) is 13.2 Å². The molecule has 0 atom stereocenters. The van der Waals surface area contributed by atoms with E-state index in [1.165, 1.54) is 0 Å². The minimum Gasteiger partial charge on any atom is -0.428 e. The van der Waals surface area contributed by atoms with Crippen LogP contribution >= 0.6 is 0 Å². The first-order chi connectivity index (χ1) is 6.35. The molecule has 2 nitrogen and oxygen atoms in total. The monoisotopic (exact) mass is 200 g/mol. The Kier molecular flexibility index (Phi) is 9.42. The number of ether oxygens (including phenoxy) is 1. The summed E-state index contributed by atoms with van der Waals surface area (Å²) in [7, 11) is 0.817. The van der Waals surface area contributed by atoms with Gasteiger partial charge in [0.2, 0.25) is 0 Å². The summed E-state index contributed by atoms with van der Waals surface area (Å²) in [6.07, 6.45) is 6.80. The van der Waals surface area contributed by atoms with Crippen molar-refractivity contribution in [3.8, 4) is 0 Å². The first kappa shape index (κ1) is 12.6. The molecule has 0 N–H and O–H groups in total. The second kappa shape index (κ2) is 9.70. The van der Waals surface area contributed by atoms with Crippen LogP contribution in [0.3, 0.4) is 0 Å². The molecular formula is C10H20O2Si. The van der Waals surface area contributed by atoms with Gasteiger partial charge < -0.3 is 9.16 Å². The molecule has 0 aromatic carbocycles. The highest BCUT2D eigenvalue weighted by molar-refractivity contribution is 5.97. The maximum atomic E-state index is 5.62. The van der Waals surface area contributed by atoms with Crippen molar-refractivity contribution in [2.24, 2.45) is 0 Å². The third-order valence-corrected chi connectivity index (χ3v) is 2.11. The first-order valence-corrected chi connectivity index (χ1v) is 5.49. The Hall–Kier alpha value is -0.383. The normalized spacial score (nSPS) is 10.5. The van der Waals surface area contributed by atoms with Crippen LogP contribution in [-0.4, -0.2) is 29.8 Å². The lowest BCUT2D eigenvalue weighted by Crippen LogP contribution is -2.12. The fourth-order valence-corrected chi connectivity index (χ4v) is 1.35. The molecule has 13 heavy (non-hydrogen) atoms. The summed E-state index contributed by atoms with van der Waals surface area (Å²) in [5.74, 6) is 0. The van der Waals surface area contributed by atoms with Gasteiger partial charge in [-0.3, -0.25) is 0 Å². The topological polar surface area (TPSA) is 18.5 Å². The molecule has 0 aromatic rings. The Labute approximate surface area is 84.2 Å². The summed E-state index contributed by atoms with van der Waals surface area (Å²) in [4.78, 5) is 0. The van der Waals surface area contributed by atoms with Crippen molar-refractivity contribution >= 4 is 10.5 Å². The highest BCUT2D eigenvalue weighted by atomic mass is 28.2. The van der Waals surface area contributed by atoms with E-state index < -0.39 is 0 Å². The molecule has 0 bridgehead atoms. The zero-order valence-electron chi connectivity index (χ0n) is 8.50. The average molecular weight is 200 g/mol. The summed E-state index contributed by atoms with van der Waals surface area (Å²) in [6.45, 7) is 8.98. The average Bonchev–Trinajstić information content (AvgIpc) is 2.13. The quantitative estimate of drug-likeness (QED) is 0.316. The molecule has 0 aromatic heterocycles. The van der Waals surface area contributed by atoms with Crippen LogP contribution in [0.25, 0.3) is 0 Å². The van der Waals surface area contributed by atoms with E-state index in [-0.39, 0.29) is 6.10 Å². The van der Waals surface area contributed by atoms with Crippen LogP contribution in [-0.2, 0) is 9.16 Å². The Morgan fingerprint density at radius 3 is 2.23 bits per heavy atom. The third kappa shape index (κ3) is 7.96. The molecule has 0 amide bonds. The lowest BCUT2D eigenvalue weighted by atomic mass is 10.2. The molecule has 0 aliphatic carbocycles.